The second-order valence-corrected chi connectivity index (χ2v) is 4.13. The van der Waals surface area contributed by atoms with Crippen LogP contribution in [-0.4, -0.2) is 12.6 Å². The van der Waals surface area contributed by atoms with Crippen LogP contribution in [0.2, 0.25) is 0 Å². The third kappa shape index (κ3) is 4.66. The van der Waals surface area contributed by atoms with Crippen molar-refractivity contribution in [3.05, 3.63) is 0 Å². The predicted octanol–water partition coefficient (Wildman–Crippen LogP) is 3.74. The van der Waals surface area contributed by atoms with Crippen molar-refractivity contribution in [1.82, 2.24) is 5.32 Å². The van der Waals surface area contributed by atoms with Crippen LogP contribution in [0.25, 0.3) is 0 Å². The molecule has 0 unspecified atom stereocenters. The maximum atomic E-state index is 3.55. The van der Waals surface area contributed by atoms with Gasteiger partial charge in [-0.05, 0) is 26.3 Å². The van der Waals surface area contributed by atoms with Gasteiger partial charge in [0.05, 0.1) is 0 Å². The fraction of sp³-hybridized carbons (Fsp3) is 1.00. The van der Waals surface area contributed by atoms with Crippen LogP contribution >= 0.6 is 0 Å². The van der Waals surface area contributed by atoms with Crippen molar-refractivity contribution in [3.63, 3.8) is 0 Å². The average molecular weight is 185 g/mol. The molecule has 0 heterocycles. The fourth-order valence-corrected chi connectivity index (χ4v) is 2.22. The molecule has 0 aliphatic carbocycles. The van der Waals surface area contributed by atoms with Crippen molar-refractivity contribution in [2.75, 3.05) is 7.05 Å². The van der Waals surface area contributed by atoms with Gasteiger partial charge < -0.3 is 5.32 Å². The summed E-state index contributed by atoms with van der Waals surface area (Å²) < 4.78 is 0. The van der Waals surface area contributed by atoms with Gasteiger partial charge >= 0.3 is 0 Å². The van der Waals surface area contributed by atoms with Gasteiger partial charge in [0.1, 0.15) is 0 Å². The lowest BCUT2D eigenvalue weighted by Crippen LogP contribution is -2.42. The van der Waals surface area contributed by atoms with E-state index < -0.39 is 0 Å². The van der Waals surface area contributed by atoms with Gasteiger partial charge in [0.25, 0.3) is 0 Å². The SMILES string of the molecule is CCCCC(CCC)(CCC)NC. The topological polar surface area (TPSA) is 12.0 Å². The van der Waals surface area contributed by atoms with Crippen molar-refractivity contribution in [3.8, 4) is 0 Å². The van der Waals surface area contributed by atoms with Crippen LogP contribution < -0.4 is 5.32 Å². The molecule has 0 spiro atoms. The van der Waals surface area contributed by atoms with Crippen molar-refractivity contribution in [2.24, 2.45) is 0 Å². The lowest BCUT2D eigenvalue weighted by molar-refractivity contribution is 0.267. The summed E-state index contributed by atoms with van der Waals surface area (Å²) in [5.74, 6) is 0. The van der Waals surface area contributed by atoms with Gasteiger partial charge in [-0.15, -0.1) is 0 Å². The Labute approximate surface area is 84.3 Å². The van der Waals surface area contributed by atoms with Gasteiger partial charge in [-0.1, -0.05) is 46.5 Å². The first kappa shape index (κ1) is 13.0. The fourth-order valence-electron chi connectivity index (χ4n) is 2.22. The molecule has 0 aromatic carbocycles. The molecule has 0 aliphatic rings. The molecule has 1 N–H and O–H groups in total. The van der Waals surface area contributed by atoms with E-state index in [-0.39, 0.29) is 0 Å². The number of nitrogens with one attached hydrogen (secondary N) is 1. The second-order valence-electron chi connectivity index (χ2n) is 4.13. The molecule has 0 aromatic rings. The van der Waals surface area contributed by atoms with Crippen molar-refractivity contribution in [1.29, 1.82) is 0 Å². The van der Waals surface area contributed by atoms with E-state index in [0.29, 0.717) is 5.54 Å². The van der Waals surface area contributed by atoms with E-state index in [1.807, 2.05) is 0 Å². The Hall–Kier alpha value is -0.0400. The molecule has 80 valence electrons. The van der Waals surface area contributed by atoms with E-state index >= 15 is 0 Å². The minimum Gasteiger partial charge on any atom is -0.314 e. The maximum Gasteiger partial charge on any atom is 0.0178 e. The highest BCUT2D eigenvalue weighted by molar-refractivity contribution is 4.85. The second kappa shape index (κ2) is 7.37. The molecule has 0 aliphatic heterocycles. The Morgan fingerprint density at radius 3 is 1.69 bits per heavy atom. The number of hydrogen-bond donors (Lipinski definition) is 1. The molecule has 0 bridgehead atoms. The first-order valence-electron chi connectivity index (χ1n) is 5.93. The first-order chi connectivity index (χ1) is 6.24. The van der Waals surface area contributed by atoms with Gasteiger partial charge in [-0.25, -0.2) is 0 Å². The van der Waals surface area contributed by atoms with Crippen LogP contribution in [0.4, 0.5) is 0 Å². The molecule has 0 radical (unpaired) electrons. The molecule has 0 saturated heterocycles. The summed E-state index contributed by atoms with van der Waals surface area (Å²) in [4.78, 5) is 0. The lowest BCUT2D eigenvalue weighted by Gasteiger charge is -2.33. The molecule has 0 fully saturated rings. The summed E-state index contributed by atoms with van der Waals surface area (Å²) in [7, 11) is 2.13. The minimum atomic E-state index is 0.444. The summed E-state index contributed by atoms with van der Waals surface area (Å²) in [5, 5.41) is 3.55. The van der Waals surface area contributed by atoms with Crippen LogP contribution in [-0.2, 0) is 0 Å². The van der Waals surface area contributed by atoms with Gasteiger partial charge in [0, 0.05) is 5.54 Å². The molecule has 1 nitrogen and oxygen atoms in total. The predicted molar refractivity (Wildman–Crippen MR) is 61.1 cm³/mol. The summed E-state index contributed by atoms with van der Waals surface area (Å²) in [6.07, 6.45) is 9.28. The smallest absolute Gasteiger partial charge is 0.0178 e. The molecular weight excluding hydrogens is 158 g/mol. The molecule has 0 atom stereocenters. The summed E-state index contributed by atoms with van der Waals surface area (Å²) in [6, 6.07) is 0. The van der Waals surface area contributed by atoms with Gasteiger partial charge in [0.15, 0.2) is 0 Å². The Balaban J connectivity index is 4.07. The summed E-state index contributed by atoms with van der Waals surface area (Å²) in [6.45, 7) is 6.85. The Bertz CT molecular complexity index is 104. The average Bonchev–Trinajstić information content (AvgIpc) is 2.15. The molecular formula is C12H27N. The van der Waals surface area contributed by atoms with Crippen LogP contribution in [0.3, 0.4) is 0 Å². The van der Waals surface area contributed by atoms with E-state index in [1.165, 1.54) is 44.9 Å². The number of rotatable bonds is 8. The highest BCUT2D eigenvalue weighted by Gasteiger charge is 2.24. The summed E-state index contributed by atoms with van der Waals surface area (Å²) >= 11 is 0. The van der Waals surface area contributed by atoms with E-state index in [1.54, 1.807) is 0 Å². The lowest BCUT2D eigenvalue weighted by atomic mass is 9.84. The maximum absolute atomic E-state index is 3.55. The van der Waals surface area contributed by atoms with Gasteiger partial charge in [0.2, 0.25) is 0 Å². The van der Waals surface area contributed by atoms with E-state index in [4.69, 9.17) is 0 Å². The Kier molecular flexibility index (Phi) is 7.35. The monoisotopic (exact) mass is 185 g/mol. The molecule has 0 rings (SSSR count). The third-order valence-corrected chi connectivity index (χ3v) is 3.00. The van der Waals surface area contributed by atoms with Crippen LogP contribution in [0, 0.1) is 0 Å². The zero-order chi connectivity index (χ0) is 10.2. The molecule has 0 saturated carbocycles. The van der Waals surface area contributed by atoms with Gasteiger partial charge in [-0.2, -0.15) is 0 Å². The van der Waals surface area contributed by atoms with Crippen molar-refractivity contribution < 1.29 is 0 Å². The highest BCUT2D eigenvalue weighted by Crippen LogP contribution is 2.25. The first-order valence-corrected chi connectivity index (χ1v) is 5.93. The molecule has 13 heavy (non-hydrogen) atoms. The quantitative estimate of drug-likeness (QED) is 0.607. The normalized spacial score (nSPS) is 12.0. The highest BCUT2D eigenvalue weighted by atomic mass is 14.9. The van der Waals surface area contributed by atoms with Crippen LogP contribution in [0.5, 0.6) is 0 Å². The molecule has 0 aromatic heterocycles. The zero-order valence-corrected chi connectivity index (χ0v) is 9.95. The minimum absolute atomic E-state index is 0.444. The molecule has 0 amide bonds. The zero-order valence-electron chi connectivity index (χ0n) is 9.95. The van der Waals surface area contributed by atoms with E-state index in [0.717, 1.165) is 0 Å². The number of hydrogen-bond acceptors (Lipinski definition) is 1. The van der Waals surface area contributed by atoms with Crippen LogP contribution in [0.1, 0.15) is 65.7 Å². The Morgan fingerprint density at radius 2 is 1.38 bits per heavy atom. The van der Waals surface area contributed by atoms with Crippen molar-refractivity contribution >= 4 is 0 Å². The standard InChI is InChI=1S/C12H27N/c1-5-8-11-12(13-4,9-6-2)10-7-3/h13H,5-11H2,1-4H3. The largest absolute Gasteiger partial charge is 0.314 e. The number of unbranched alkanes of at least 4 members (excludes halogenated alkanes) is 1. The van der Waals surface area contributed by atoms with Crippen LogP contribution in [0.15, 0.2) is 0 Å². The van der Waals surface area contributed by atoms with Crippen molar-refractivity contribution in [2.45, 2.75) is 71.3 Å². The third-order valence-electron chi connectivity index (χ3n) is 3.00. The van der Waals surface area contributed by atoms with E-state index in [2.05, 4.69) is 33.1 Å². The van der Waals surface area contributed by atoms with Gasteiger partial charge in [-0.3, -0.25) is 0 Å². The van der Waals surface area contributed by atoms with E-state index in [9.17, 15) is 0 Å². The molecule has 1 heteroatoms. The Morgan fingerprint density at radius 1 is 0.846 bits per heavy atom. The summed E-state index contributed by atoms with van der Waals surface area (Å²) in [5.41, 5.74) is 0.444.